The highest BCUT2D eigenvalue weighted by Crippen LogP contribution is 2.19. The quantitative estimate of drug-likeness (QED) is 0.782. The molecule has 13 heavy (non-hydrogen) atoms. The fraction of sp³-hybridized carbons (Fsp3) is 0.667. The number of alkyl halides is 3. The van der Waals surface area contributed by atoms with Crippen molar-refractivity contribution in [1.82, 2.24) is 5.32 Å². The molecule has 7 heteroatoms. The molecule has 2 nitrogen and oxygen atoms in total. The lowest BCUT2D eigenvalue weighted by Gasteiger charge is -2.14. The number of hydrogen-bond donors (Lipinski definition) is 2. The molecule has 1 atom stereocenters. The molecule has 0 aromatic rings. The van der Waals surface area contributed by atoms with Gasteiger partial charge in [0.15, 0.2) is 6.10 Å². The van der Waals surface area contributed by atoms with Crippen LogP contribution in [0.25, 0.3) is 0 Å². The van der Waals surface area contributed by atoms with Crippen LogP contribution < -0.4 is 5.32 Å². The average molecular weight is 238 g/mol. The summed E-state index contributed by atoms with van der Waals surface area (Å²) in [5.41, 5.74) is 1.04. The summed E-state index contributed by atoms with van der Waals surface area (Å²) in [6.07, 6.45) is -6.99. The summed E-state index contributed by atoms with van der Waals surface area (Å²) in [4.78, 5) is 0. The first-order chi connectivity index (χ1) is 5.88. The molecule has 78 valence electrons. The van der Waals surface area contributed by atoms with Crippen molar-refractivity contribution in [2.45, 2.75) is 12.3 Å². The van der Waals surface area contributed by atoms with Crippen LogP contribution in [0.2, 0.25) is 0 Å². The molecule has 0 spiro atoms. The van der Waals surface area contributed by atoms with E-state index in [2.05, 4.69) is 5.32 Å². The van der Waals surface area contributed by atoms with Gasteiger partial charge in [0.2, 0.25) is 0 Å². The maximum Gasteiger partial charge on any atom is 0.415 e. The maximum absolute atomic E-state index is 11.7. The normalized spacial score (nSPS) is 16.0. The second kappa shape index (κ2) is 5.70. The summed E-state index contributed by atoms with van der Waals surface area (Å²) in [5, 5.41) is 11.0. The standard InChI is InChI=1S/C6H8Cl2F3NO/c7-1-4(8)2-12-3-5(13)6(9,10)11/h1,5,12-13H,2-3H2. The van der Waals surface area contributed by atoms with Crippen LogP contribution >= 0.6 is 23.2 Å². The van der Waals surface area contributed by atoms with E-state index in [-0.39, 0.29) is 11.6 Å². The van der Waals surface area contributed by atoms with E-state index in [0.29, 0.717) is 0 Å². The molecule has 0 aromatic carbocycles. The number of rotatable bonds is 4. The van der Waals surface area contributed by atoms with E-state index in [4.69, 9.17) is 28.3 Å². The van der Waals surface area contributed by atoms with Gasteiger partial charge in [0.25, 0.3) is 0 Å². The second-order valence-electron chi connectivity index (χ2n) is 2.24. The highest BCUT2D eigenvalue weighted by Gasteiger charge is 2.37. The van der Waals surface area contributed by atoms with E-state index in [9.17, 15) is 13.2 Å². The van der Waals surface area contributed by atoms with Crippen molar-refractivity contribution >= 4 is 23.2 Å². The third-order valence-corrected chi connectivity index (χ3v) is 1.75. The van der Waals surface area contributed by atoms with Crippen LogP contribution in [-0.2, 0) is 0 Å². The molecule has 0 aromatic heterocycles. The van der Waals surface area contributed by atoms with Gasteiger partial charge in [0, 0.05) is 23.7 Å². The van der Waals surface area contributed by atoms with Crippen molar-refractivity contribution in [3.63, 3.8) is 0 Å². The highest BCUT2D eigenvalue weighted by molar-refractivity contribution is 6.36. The van der Waals surface area contributed by atoms with Gasteiger partial charge in [-0.2, -0.15) is 13.2 Å². The lowest BCUT2D eigenvalue weighted by Crippen LogP contribution is -2.38. The Morgan fingerprint density at radius 2 is 2.08 bits per heavy atom. The predicted molar refractivity (Wildman–Crippen MR) is 44.7 cm³/mol. The minimum atomic E-state index is -4.61. The van der Waals surface area contributed by atoms with Gasteiger partial charge in [-0.15, -0.1) is 0 Å². The minimum Gasteiger partial charge on any atom is -0.382 e. The van der Waals surface area contributed by atoms with Crippen LogP contribution in [-0.4, -0.2) is 30.5 Å². The van der Waals surface area contributed by atoms with E-state index in [1.807, 2.05) is 0 Å². The Labute approximate surface area is 83.3 Å². The highest BCUT2D eigenvalue weighted by atomic mass is 35.5. The molecular weight excluding hydrogens is 230 g/mol. The number of aliphatic hydroxyl groups is 1. The number of aliphatic hydroxyl groups excluding tert-OH is 1. The molecule has 0 aliphatic carbocycles. The van der Waals surface area contributed by atoms with Crippen LogP contribution in [0.15, 0.2) is 10.6 Å². The topological polar surface area (TPSA) is 32.3 Å². The van der Waals surface area contributed by atoms with Gasteiger partial charge < -0.3 is 10.4 Å². The van der Waals surface area contributed by atoms with Gasteiger partial charge in [-0.25, -0.2) is 0 Å². The Bertz CT molecular complexity index is 183. The summed E-state index contributed by atoms with van der Waals surface area (Å²) in [6, 6.07) is 0. The van der Waals surface area contributed by atoms with Crippen LogP contribution in [0.4, 0.5) is 13.2 Å². The molecule has 0 saturated carbocycles. The van der Waals surface area contributed by atoms with Crippen LogP contribution in [0.1, 0.15) is 0 Å². The Hall–Kier alpha value is 0.0300. The average Bonchev–Trinajstić information content (AvgIpc) is 2.02. The summed E-state index contributed by atoms with van der Waals surface area (Å²) >= 11 is 10.5. The van der Waals surface area contributed by atoms with Gasteiger partial charge in [-0.05, 0) is 0 Å². The summed E-state index contributed by atoms with van der Waals surface area (Å²) in [6.45, 7) is -0.608. The smallest absolute Gasteiger partial charge is 0.382 e. The monoisotopic (exact) mass is 237 g/mol. The fourth-order valence-corrected chi connectivity index (χ4v) is 0.654. The van der Waals surface area contributed by atoms with E-state index < -0.39 is 18.8 Å². The fourth-order valence-electron chi connectivity index (χ4n) is 0.483. The van der Waals surface area contributed by atoms with E-state index in [1.165, 1.54) is 0 Å². The van der Waals surface area contributed by atoms with Crippen LogP contribution in [0, 0.1) is 0 Å². The molecule has 0 rings (SSSR count). The molecule has 1 unspecified atom stereocenters. The minimum absolute atomic E-state index is 0.00179. The zero-order valence-electron chi connectivity index (χ0n) is 6.41. The Kier molecular flexibility index (Phi) is 5.71. The number of nitrogens with one attached hydrogen (secondary N) is 1. The molecular formula is C6H8Cl2F3NO. The zero-order chi connectivity index (χ0) is 10.5. The molecule has 0 radical (unpaired) electrons. The number of hydrogen-bond acceptors (Lipinski definition) is 2. The van der Waals surface area contributed by atoms with E-state index >= 15 is 0 Å². The van der Waals surface area contributed by atoms with E-state index in [0.717, 1.165) is 5.54 Å². The van der Waals surface area contributed by atoms with Gasteiger partial charge in [0.1, 0.15) is 0 Å². The third-order valence-electron chi connectivity index (χ3n) is 1.13. The molecule has 0 aliphatic rings. The third kappa shape index (κ3) is 6.15. The molecule has 0 heterocycles. The first-order valence-corrected chi connectivity index (χ1v) is 4.09. The van der Waals surface area contributed by atoms with Crippen molar-refractivity contribution in [2.75, 3.05) is 13.1 Å². The van der Waals surface area contributed by atoms with Crippen molar-refractivity contribution in [3.8, 4) is 0 Å². The predicted octanol–water partition coefficient (Wildman–Crippen LogP) is 1.82. The van der Waals surface area contributed by atoms with Gasteiger partial charge in [0.05, 0.1) is 0 Å². The molecule has 0 amide bonds. The summed E-state index contributed by atoms with van der Waals surface area (Å²) in [7, 11) is 0. The SMILES string of the molecule is OC(CNCC(Cl)=CCl)C(F)(F)F. The Morgan fingerprint density at radius 3 is 2.46 bits per heavy atom. The zero-order valence-corrected chi connectivity index (χ0v) is 7.92. The first kappa shape index (κ1) is 13.0. The van der Waals surface area contributed by atoms with Crippen molar-refractivity contribution in [2.24, 2.45) is 0 Å². The van der Waals surface area contributed by atoms with Gasteiger partial charge >= 0.3 is 6.18 Å². The van der Waals surface area contributed by atoms with Gasteiger partial charge in [-0.3, -0.25) is 0 Å². The van der Waals surface area contributed by atoms with E-state index in [1.54, 1.807) is 0 Å². The van der Waals surface area contributed by atoms with Crippen molar-refractivity contribution in [3.05, 3.63) is 10.6 Å². The van der Waals surface area contributed by atoms with Crippen molar-refractivity contribution < 1.29 is 18.3 Å². The number of halogens is 5. The van der Waals surface area contributed by atoms with Crippen molar-refractivity contribution in [1.29, 1.82) is 0 Å². The molecule has 2 N–H and O–H groups in total. The molecule has 0 fully saturated rings. The summed E-state index contributed by atoms with van der Waals surface area (Å²) in [5.74, 6) is 0. The maximum atomic E-state index is 11.7. The Balaban J connectivity index is 3.66. The molecule has 0 saturated heterocycles. The molecule has 0 bridgehead atoms. The Morgan fingerprint density at radius 1 is 1.54 bits per heavy atom. The van der Waals surface area contributed by atoms with Gasteiger partial charge in [-0.1, -0.05) is 23.2 Å². The molecule has 0 aliphatic heterocycles. The summed E-state index contributed by atoms with van der Waals surface area (Å²) < 4.78 is 35.1. The van der Waals surface area contributed by atoms with Crippen LogP contribution in [0.5, 0.6) is 0 Å². The lowest BCUT2D eigenvalue weighted by atomic mass is 10.3. The van der Waals surface area contributed by atoms with Crippen LogP contribution in [0.3, 0.4) is 0 Å². The second-order valence-corrected chi connectivity index (χ2v) is 2.95. The largest absolute Gasteiger partial charge is 0.415 e. The first-order valence-electron chi connectivity index (χ1n) is 3.28. The lowest BCUT2D eigenvalue weighted by molar-refractivity contribution is -0.201.